The third-order valence-corrected chi connectivity index (χ3v) is 2.03. The molecule has 0 saturated heterocycles. The molecule has 0 aliphatic carbocycles. The van der Waals surface area contributed by atoms with Crippen molar-refractivity contribution in [2.24, 2.45) is 10.8 Å². The van der Waals surface area contributed by atoms with Crippen LogP contribution in [0.25, 0.3) is 0 Å². The number of nitrogens with two attached hydrogens (primary N) is 1. The Bertz CT molecular complexity index is 423. The molecule has 15 heavy (non-hydrogen) atoms. The van der Waals surface area contributed by atoms with Crippen LogP contribution in [0.2, 0.25) is 10.0 Å². The van der Waals surface area contributed by atoms with E-state index in [0.717, 1.165) is 0 Å². The zero-order valence-corrected chi connectivity index (χ0v) is 9.70. The van der Waals surface area contributed by atoms with Gasteiger partial charge in [-0.3, -0.25) is 5.43 Å². The highest BCUT2D eigenvalue weighted by molar-refractivity contribution is 7.80. The van der Waals surface area contributed by atoms with Gasteiger partial charge in [-0.05, 0) is 24.4 Å². The lowest BCUT2D eigenvalue weighted by Gasteiger charge is -2.02. The quantitative estimate of drug-likeness (QED) is 0.433. The van der Waals surface area contributed by atoms with Crippen molar-refractivity contribution in [3.8, 4) is 5.75 Å². The SMILES string of the molecule is NC(=S)NN=Cc1cc(Cl)cc(Cl)c1O. The fourth-order valence-corrected chi connectivity index (χ4v) is 1.41. The molecular weight excluding hydrogens is 257 g/mol. The summed E-state index contributed by atoms with van der Waals surface area (Å²) in [5.41, 5.74) is 7.86. The monoisotopic (exact) mass is 263 g/mol. The summed E-state index contributed by atoms with van der Waals surface area (Å²) in [5, 5.41) is 13.8. The van der Waals surface area contributed by atoms with E-state index < -0.39 is 0 Å². The zero-order valence-electron chi connectivity index (χ0n) is 7.37. The highest BCUT2D eigenvalue weighted by Crippen LogP contribution is 2.29. The van der Waals surface area contributed by atoms with Crippen LogP contribution in [0.3, 0.4) is 0 Å². The number of halogens is 2. The Morgan fingerprint density at radius 3 is 2.80 bits per heavy atom. The van der Waals surface area contributed by atoms with Crippen LogP contribution in [0.15, 0.2) is 17.2 Å². The maximum Gasteiger partial charge on any atom is 0.184 e. The van der Waals surface area contributed by atoms with Gasteiger partial charge in [0.15, 0.2) is 5.11 Å². The number of phenols is 1. The molecule has 80 valence electrons. The van der Waals surface area contributed by atoms with E-state index in [9.17, 15) is 5.11 Å². The molecule has 1 aromatic carbocycles. The standard InChI is InChI=1S/C8H7Cl2N3OS/c9-5-1-4(3-12-13-8(11)15)7(14)6(10)2-5/h1-3,14H,(H3,11,13,15). The first-order valence-electron chi connectivity index (χ1n) is 3.77. The van der Waals surface area contributed by atoms with Crippen molar-refractivity contribution in [2.75, 3.05) is 0 Å². The van der Waals surface area contributed by atoms with Crippen LogP contribution >= 0.6 is 35.4 Å². The minimum atomic E-state index is -0.102. The Labute approximate surface area is 102 Å². The van der Waals surface area contributed by atoms with Gasteiger partial charge in [-0.2, -0.15) is 5.10 Å². The first-order chi connectivity index (χ1) is 7.00. The molecule has 0 atom stereocenters. The molecule has 0 aliphatic rings. The predicted molar refractivity (Wildman–Crippen MR) is 65.6 cm³/mol. The van der Waals surface area contributed by atoms with Crippen molar-refractivity contribution in [1.82, 2.24) is 5.43 Å². The molecule has 1 aromatic rings. The molecule has 0 saturated carbocycles. The fraction of sp³-hybridized carbons (Fsp3) is 0. The summed E-state index contributed by atoms with van der Waals surface area (Å²) in [6.45, 7) is 0. The van der Waals surface area contributed by atoms with Crippen LogP contribution in [-0.4, -0.2) is 16.4 Å². The summed E-state index contributed by atoms with van der Waals surface area (Å²) in [6, 6.07) is 2.93. The number of rotatable bonds is 2. The predicted octanol–water partition coefficient (Wildman–Crippen LogP) is 1.87. The number of hydrazone groups is 1. The first kappa shape index (κ1) is 12.0. The van der Waals surface area contributed by atoms with Gasteiger partial charge < -0.3 is 10.8 Å². The van der Waals surface area contributed by atoms with Crippen LogP contribution in [0.5, 0.6) is 5.75 Å². The van der Waals surface area contributed by atoms with E-state index in [-0.39, 0.29) is 15.9 Å². The Morgan fingerprint density at radius 2 is 2.20 bits per heavy atom. The van der Waals surface area contributed by atoms with E-state index in [2.05, 4.69) is 22.7 Å². The number of hydrogen-bond acceptors (Lipinski definition) is 3. The van der Waals surface area contributed by atoms with Crippen LogP contribution in [-0.2, 0) is 0 Å². The van der Waals surface area contributed by atoms with E-state index in [1.54, 1.807) is 0 Å². The molecule has 1 rings (SSSR count). The second-order valence-electron chi connectivity index (χ2n) is 2.56. The Morgan fingerprint density at radius 1 is 1.53 bits per heavy atom. The lowest BCUT2D eigenvalue weighted by Crippen LogP contribution is -2.23. The summed E-state index contributed by atoms with van der Waals surface area (Å²) < 4.78 is 0. The number of thiocarbonyl (C=S) groups is 1. The van der Waals surface area contributed by atoms with E-state index in [4.69, 9.17) is 28.9 Å². The molecule has 7 heteroatoms. The second kappa shape index (κ2) is 5.16. The van der Waals surface area contributed by atoms with Gasteiger partial charge in [0.1, 0.15) is 5.75 Å². The largest absolute Gasteiger partial charge is 0.506 e. The third-order valence-electron chi connectivity index (χ3n) is 1.44. The maximum atomic E-state index is 9.51. The summed E-state index contributed by atoms with van der Waals surface area (Å²) in [5.74, 6) is -0.102. The van der Waals surface area contributed by atoms with Crippen LogP contribution < -0.4 is 11.2 Å². The molecule has 0 spiro atoms. The van der Waals surface area contributed by atoms with Gasteiger partial charge in [-0.25, -0.2) is 0 Å². The molecule has 4 nitrogen and oxygen atoms in total. The zero-order chi connectivity index (χ0) is 11.4. The number of benzene rings is 1. The van der Waals surface area contributed by atoms with Gasteiger partial charge in [-0.15, -0.1) is 0 Å². The van der Waals surface area contributed by atoms with Crippen molar-refractivity contribution >= 4 is 46.7 Å². The summed E-state index contributed by atoms with van der Waals surface area (Å²) in [6.07, 6.45) is 1.31. The van der Waals surface area contributed by atoms with Crippen LogP contribution in [0, 0.1) is 0 Å². The van der Waals surface area contributed by atoms with Gasteiger partial charge in [0.25, 0.3) is 0 Å². The number of phenolic OH excluding ortho intramolecular Hbond substituents is 1. The highest BCUT2D eigenvalue weighted by atomic mass is 35.5. The molecule has 0 heterocycles. The molecular formula is C8H7Cl2N3OS. The molecule has 0 radical (unpaired) electrons. The van der Waals surface area contributed by atoms with Gasteiger partial charge >= 0.3 is 0 Å². The van der Waals surface area contributed by atoms with Gasteiger partial charge in [0.2, 0.25) is 0 Å². The van der Waals surface area contributed by atoms with Crippen molar-refractivity contribution in [1.29, 1.82) is 0 Å². The van der Waals surface area contributed by atoms with Gasteiger partial charge in [0.05, 0.1) is 11.2 Å². The van der Waals surface area contributed by atoms with Gasteiger partial charge in [-0.1, -0.05) is 23.2 Å². The molecule has 4 N–H and O–H groups in total. The number of aromatic hydroxyl groups is 1. The minimum Gasteiger partial charge on any atom is -0.506 e. The normalized spacial score (nSPS) is 10.5. The summed E-state index contributed by atoms with van der Waals surface area (Å²) >= 11 is 16.0. The van der Waals surface area contributed by atoms with Crippen molar-refractivity contribution in [3.63, 3.8) is 0 Å². The Hall–Kier alpha value is -1.04. The molecule has 0 amide bonds. The van der Waals surface area contributed by atoms with E-state index in [1.165, 1.54) is 18.3 Å². The maximum absolute atomic E-state index is 9.51. The third kappa shape index (κ3) is 3.54. The average molecular weight is 264 g/mol. The van der Waals surface area contributed by atoms with Crippen molar-refractivity contribution in [3.05, 3.63) is 27.7 Å². The molecule has 0 fully saturated rings. The number of nitrogens with zero attached hydrogens (tertiary/aromatic N) is 1. The number of nitrogens with one attached hydrogen (secondary N) is 1. The smallest absolute Gasteiger partial charge is 0.184 e. The molecule has 0 unspecified atom stereocenters. The lowest BCUT2D eigenvalue weighted by atomic mass is 10.2. The topological polar surface area (TPSA) is 70.6 Å². The lowest BCUT2D eigenvalue weighted by molar-refractivity contribution is 0.474. The Balaban J connectivity index is 2.94. The number of hydrogen-bond donors (Lipinski definition) is 3. The van der Waals surface area contributed by atoms with E-state index >= 15 is 0 Å². The fourth-order valence-electron chi connectivity index (χ4n) is 0.850. The molecule has 0 aliphatic heterocycles. The van der Waals surface area contributed by atoms with Crippen LogP contribution in [0.4, 0.5) is 0 Å². The van der Waals surface area contributed by atoms with E-state index in [1.807, 2.05) is 0 Å². The summed E-state index contributed by atoms with van der Waals surface area (Å²) in [4.78, 5) is 0. The molecule has 0 aromatic heterocycles. The average Bonchev–Trinajstić information content (AvgIpc) is 2.12. The van der Waals surface area contributed by atoms with Gasteiger partial charge in [0, 0.05) is 10.6 Å². The van der Waals surface area contributed by atoms with Crippen molar-refractivity contribution < 1.29 is 5.11 Å². The molecule has 0 bridgehead atoms. The highest BCUT2D eigenvalue weighted by Gasteiger charge is 2.05. The van der Waals surface area contributed by atoms with Crippen molar-refractivity contribution in [2.45, 2.75) is 0 Å². The first-order valence-corrected chi connectivity index (χ1v) is 4.93. The van der Waals surface area contributed by atoms with Crippen LogP contribution in [0.1, 0.15) is 5.56 Å². The minimum absolute atomic E-state index is 0.0267. The Kier molecular flexibility index (Phi) is 4.14. The summed E-state index contributed by atoms with van der Waals surface area (Å²) in [7, 11) is 0. The van der Waals surface area contributed by atoms with E-state index in [0.29, 0.717) is 10.6 Å². The second-order valence-corrected chi connectivity index (χ2v) is 3.84.